The highest BCUT2D eigenvalue weighted by atomic mass is 16.1. The average molecular weight is 345 g/mol. The largest absolute Gasteiger partial charge is 0.351 e. The molecule has 4 heteroatoms. The summed E-state index contributed by atoms with van der Waals surface area (Å²) in [6.45, 7) is 4.08. The van der Waals surface area contributed by atoms with E-state index in [1.54, 1.807) is 6.20 Å². The summed E-state index contributed by atoms with van der Waals surface area (Å²) in [7, 11) is 2.05. The molecule has 26 heavy (non-hydrogen) atoms. The normalized spacial score (nSPS) is 13.7. The van der Waals surface area contributed by atoms with E-state index in [-0.39, 0.29) is 5.91 Å². The molecular weight excluding hydrogens is 322 g/mol. The monoisotopic (exact) mass is 345 g/mol. The van der Waals surface area contributed by atoms with Gasteiger partial charge in [-0.25, -0.2) is 0 Å². The Morgan fingerprint density at radius 2 is 2.00 bits per heavy atom. The zero-order valence-electron chi connectivity index (χ0n) is 15.4. The number of nitrogens with one attached hydrogen (secondary N) is 1. The number of nitrogens with zero attached hydrogens (tertiary/aromatic N) is 2. The molecule has 1 amide bonds. The van der Waals surface area contributed by atoms with E-state index in [1.165, 1.54) is 18.5 Å². The molecule has 4 rings (SSSR count). The third-order valence-corrected chi connectivity index (χ3v) is 5.28. The molecule has 0 saturated heterocycles. The summed E-state index contributed by atoms with van der Waals surface area (Å²) < 4.78 is 2.16. The van der Waals surface area contributed by atoms with Gasteiger partial charge in [-0.1, -0.05) is 12.1 Å². The topological polar surface area (TPSA) is 46.9 Å². The minimum atomic E-state index is -0.0500. The van der Waals surface area contributed by atoms with E-state index in [9.17, 15) is 4.79 Å². The maximum atomic E-state index is 12.8. The lowest BCUT2D eigenvalue weighted by Gasteiger charge is -2.10. The molecule has 0 atom stereocenters. The van der Waals surface area contributed by atoms with Crippen LogP contribution in [0.4, 0.5) is 5.69 Å². The van der Waals surface area contributed by atoms with E-state index in [4.69, 9.17) is 0 Å². The Morgan fingerprint density at radius 3 is 2.69 bits per heavy atom. The van der Waals surface area contributed by atoms with E-state index < -0.39 is 0 Å². The molecule has 1 saturated carbocycles. The Kier molecular flexibility index (Phi) is 4.11. The van der Waals surface area contributed by atoms with Crippen molar-refractivity contribution in [3.8, 4) is 11.1 Å². The van der Waals surface area contributed by atoms with Crippen LogP contribution in [-0.4, -0.2) is 15.5 Å². The number of carbonyl (C=O) groups is 1. The molecule has 2 aromatic heterocycles. The fourth-order valence-electron chi connectivity index (χ4n) is 3.46. The lowest BCUT2D eigenvalue weighted by Crippen LogP contribution is -2.13. The number of aromatic nitrogens is 2. The van der Waals surface area contributed by atoms with Crippen molar-refractivity contribution in [2.45, 2.75) is 32.6 Å². The highest BCUT2D eigenvalue weighted by molar-refractivity contribution is 6.05. The maximum Gasteiger partial charge on any atom is 0.257 e. The van der Waals surface area contributed by atoms with Crippen molar-refractivity contribution in [1.82, 2.24) is 9.55 Å². The molecule has 1 aliphatic rings. The molecule has 1 aromatic carbocycles. The molecular formula is C22H23N3O. The van der Waals surface area contributed by atoms with E-state index in [2.05, 4.69) is 27.9 Å². The van der Waals surface area contributed by atoms with Gasteiger partial charge in [-0.2, -0.15) is 0 Å². The first-order valence-corrected chi connectivity index (χ1v) is 9.03. The number of carbonyl (C=O) groups excluding carboxylic acids is 1. The molecule has 0 unspecified atom stereocenters. The Hall–Kier alpha value is -2.88. The second-order valence-electron chi connectivity index (χ2n) is 7.13. The van der Waals surface area contributed by atoms with Crippen molar-refractivity contribution in [3.63, 3.8) is 0 Å². The molecule has 1 aliphatic carbocycles. The van der Waals surface area contributed by atoms with Crippen molar-refractivity contribution in [2.24, 2.45) is 7.05 Å². The first-order valence-electron chi connectivity index (χ1n) is 9.03. The van der Waals surface area contributed by atoms with Crippen molar-refractivity contribution in [3.05, 3.63) is 71.3 Å². The van der Waals surface area contributed by atoms with Gasteiger partial charge in [-0.3, -0.25) is 9.78 Å². The van der Waals surface area contributed by atoms with Crippen LogP contribution < -0.4 is 5.32 Å². The van der Waals surface area contributed by atoms with Crippen molar-refractivity contribution < 1.29 is 4.79 Å². The second-order valence-corrected chi connectivity index (χ2v) is 7.13. The molecule has 2 heterocycles. The maximum absolute atomic E-state index is 12.8. The summed E-state index contributed by atoms with van der Waals surface area (Å²) in [6.07, 6.45) is 6.06. The van der Waals surface area contributed by atoms with Crippen molar-refractivity contribution in [1.29, 1.82) is 0 Å². The van der Waals surface area contributed by atoms with Crippen molar-refractivity contribution >= 4 is 11.6 Å². The third-order valence-electron chi connectivity index (χ3n) is 5.28. The predicted octanol–water partition coefficient (Wildman–Crippen LogP) is 4.83. The van der Waals surface area contributed by atoms with Crippen LogP contribution in [0.25, 0.3) is 11.1 Å². The van der Waals surface area contributed by atoms with Gasteiger partial charge in [0.15, 0.2) is 0 Å². The van der Waals surface area contributed by atoms with Crippen LogP contribution in [0.3, 0.4) is 0 Å². The number of rotatable bonds is 4. The minimum Gasteiger partial charge on any atom is -0.351 e. The smallest absolute Gasteiger partial charge is 0.257 e. The van der Waals surface area contributed by atoms with E-state index >= 15 is 0 Å². The highest BCUT2D eigenvalue weighted by Gasteiger charge is 2.28. The SMILES string of the molecule is Cc1ccc(NC(=O)c2cc(C3CC3)n(C)c2C)cc1-c1cccnc1. The molecule has 132 valence electrons. The number of pyridine rings is 1. The molecule has 0 radical (unpaired) electrons. The summed E-state index contributed by atoms with van der Waals surface area (Å²) in [5.74, 6) is 0.572. The second kappa shape index (κ2) is 6.45. The van der Waals surface area contributed by atoms with E-state index in [0.29, 0.717) is 5.92 Å². The average Bonchev–Trinajstić information content (AvgIpc) is 3.44. The van der Waals surface area contributed by atoms with Crippen LogP contribution in [0, 0.1) is 13.8 Å². The summed E-state index contributed by atoms with van der Waals surface area (Å²) in [6, 6.07) is 12.0. The van der Waals surface area contributed by atoms with Gasteiger partial charge in [0.25, 0.3) is 5.91 Å². The summed E-state index contributed by atoms with van der Waals surface area (Å²) in [5, 5.41) is 3.06. The van der Waals surface area contributed by atoms with Gasteiger partial charge in [0, 0.05) is 42.1 Å². The van der Waals surface area contributed by atoms with Gasteiger partial charge in [0.2, 0.25) is 0 Å². The van der Waals surface area contributed by atoms with Gasteiger partial charge in [-0.05, 0) is 68.0 Å². The number of benzene rings is 1. The third kappa shape index (κ3) is 3.03. The van der Waals surface area contributed by atoms with Crippen LogP contribution >= 0.6 is 0 Å². The van der Waals surface area contributed by atoms with Crippen molar-refractivity contribution in [2.75, 3.05) is 5.32 Å². The van der Waals surface area contributed by atoms with Crippen LogP contribution in [0.1, 0.15) is 46.1 Å². The minimum absolute atomic E-state index is 0.0500. The lowest BCUT2D eigenvalue weighted by molar-refractivity contribution is 0.102. The fourth-order valence-corrected chi connectivity index (χ4v) is 3.46. The molecule has 0 spiro atoms. The zero-order chi connectivity index (χ0) is 18.3. The van der Waals surface area contributed by atoms with Gasteiger partial charge >= 0.3 is 0 Å². The van der Waals surface area contributed by atoms with Crippen LogP contribution in [0.5, 0.6) is 0 Å². The Balaban J connectivity index is 1.62. The molecule has 4 nitrogen and oxygen atoms in total. The number of amides is 1. The standard InChI is InChI=1S/C22H23N3O/c1-14-6-9-18(11-19(14)17-5-4-10-23-13-17)24-22(26)20-12-21(16-7-8-16)25(3)15(20)2/h4-6,9-13,16H,7-8H2,1-3H3,(H,24,26). The quantitative estimate of drug-likeness (QED) is 0.736. The van der Waals surface area contributed by atoms with Gasteiger partial charge in [-0.15, -0.1) is 0 Å². The lowest BCUT2D eigenvalue weighted by atomic mass is 10.0. The first kappa shape index (κ1) is 16.6. The van der Waals surface area contributed by atoms with Crippen LogP contribution in [0.2, 0.25) is 0 Å². The Morgan fingerprint density at radius 1 is 1.19 bits per heavy atom. The van der Waals surface area contributed by atoms with E-state index in [0.717, 1.165) is 33.6 Å². The Bertz CT molecular complexity index is 969. The summed E-state index contributed by atoms with van der Waals surface area (Å²) >= 11 is 0. The molecule has 1 N–H and O–H groups in total. The van der Waals surface area contributed by atoms with Crippen LogP contribution in [-0.2, 0) is 7.05 Å². The molecule has 0 bridgehead atoms. The highest BCUT2D eigenvalue weighted by Crippen LogP contribution is 2.41. The summed E-state index contributed by atoms with van der Waals surface area (Å²) in [4.78, 5) is 17.0. The number of hydrogen-bond acceptors (Lipinski definition) is 2. The van der Waals surface area contributed by atoms with Gasteiger partial charge in [0.1, 0.15) is 0 Å². The number of anilines is 1. The first-order chi connectivity index (χ1) is 12.5. The zero-order valence-corrected chi connectivity index (χ0v) is 15.4. The Labute approximate surface area is 153 Å². The molecule has 1 fully saturated rings. The number of aryl methyl sites for hydroxylation is 1. The number of hydrogen-bond donors (Lipinski definition) is 1. The molecule has 3 aromatic rings. The fraction of sp³-hybridized carbons (Fsp3) is 0.273. The van der Waals surface area contributed by atoms with Gasteiger partial charge in [0.05, 0.1) is 5.56 Å². The molecule has 0 aliphatic heterocycles. The van der Waals surface area contributed by atoms with Crippen LogP contribution in [0.15, 0.2) is 48.8 Å². The predicted molar refractivity (Wildman–Crippen MR) is 104 cm³/mol. The summed E-state index contributed by atoms with van der Waals surface area (Å²) in [5.41, 5.74) is 7.14. The van der Waals surface area contributed by atoms with Gasteiger partial charge < -0.3 is 9.88 Å². The van der Waals surface area contributed by atoms with E-state index in [1.807, 2.05) is 50.5 Å².